The van der Waals surface area contributed by atoms with Gasteiger partial charge in [-0.3, -0.25) is 0 Å². The summed E-state index contributed by atoms with van der Waals surface area (Å²) in [5.41, 5.74) is 0. The molecule has 0 aromatic heterocycles. The molecule has 0 aliphatic rings. The fourth-order valence-electron chi connectivity index (χ4n) is 0.871. The summed E-state index contributed by atoms with van der Waals surface area (Å²) in [6, 6.07) is 4.13. The lowest BCUT2D eigenvalue weighted by molar-refractivity contribution is 0.217. The van der Waals surface area contributed by atoms with Crippen LogP contribution < -0.4 is 4.74 Å². The molecule has 1 aromatic rings. The van der Waals surface area contributed by atoms with Crippen LogP contribution in [0.4, 0.5) is 4.39 Å². The van der Waals surface area contributed by atoms with E-state index in [2.05, 4.69) is 0 Å². The van der Waals surface area contributed by atoms with Crippen molar-refractivity contribution in [3.05, 3.63) is 29.0 Å². The Morgan fingerprint density at radius 2 is 2.23 bits per heavy atom. The molecule has 0 fully saturated rings. The van der Waals surface area contributed by atoms with E-state index in [1.807, 2.05) is 13.8 Å². The molecule has 0 heterocycles. The van der Waals surface area contributed by atoms with Crippen LogP contribution in [0.25, 0.3) is 0 Å². The fraction of sp³-hybridized carbons (Fsp3) is 0.400. The topological polar surface area (TPSA) is 9.23 Å². The Morgan fingerprint density at radius 3 is 2.77 bits per heavy atom. The first-order valence-electron chi connectivity index (χ1n) is 4.25. The number of benzene rings is 1. The summed E-state index contributed by atoms with van der Waals surface area (Å²) in [7, 11) is 0. The van der Waals surface area contributed by atoms with Crippen molar-refractivity contribution in [1.29, 1.82) is 0 Å². The molecule has 72 valence electrons. The highest BCUT2D eigenvalue weighted by atomic mass is 35.5. The average molecular weight is 203 g/mol. The molecule has 1 nitrogen and oxygen atoms in total. The number of hydrogen-bond donors (Lipinski definition) is 0. The number of ether oxygens (including phenoxy) is 1. The van der Waals surface area contributed by atoms with Crippen LogP contribution in [-0.4, -0.2) is 6.10 Å². The summed E-state index contributed by atoms with van der Waals surface area (Å²) in [5, 5.41) is 0.320. The molecule has 0 aliphatic heterocycles. The van der Waals surface area contributed by atoms with E-state index in [9.17, 15) is 4.39 Å². The third kappa shape index (κ3) is 2.88. The first-order chi connectivity index (χ1) is 6.13. The first-order valence-corrected chi connectivity index (χ1v) is 4.63. The van der Waals surface area contributed by atoms with Crippen molar-refractivity contribution in [2.45, 2.75) is 26.4 Å². The van der Waals surface area contributed by atoms with Crippen molar-refractivity contribution in [3.8, 4) is 5.75 Å². The Kier molecular flexibility index (Phi) is 3.55. The predicted octanol–water partition coefficient (Wildman–Crippen LogP) is 3.66. The van der Waals surface area contributed by atoms with E-state index in [4.69, 9.17) is 16.3 Å². The van der Waals surface area contributed by atoms with Gasteiger partial charge >= 0.3 is 0 Å². The maximum Gasteiger partial charge on any atom is 0.138 e. The summed E-state index contributed by atoms with van der Waals surface area (Å²) in [6.45, 7) is 3.96. The molecule has 13 heavy (non-hydrogen) atoms. The van der Waals surface area contributed by atoms with Gasteiger partial charge in [-0.25, -0.2) is 4.39 Å². The van der Waals surface area contributed by atoms with Crippen molar-refractivity contribution in [3.63, 3.8) is 0 Å². The Labute approximate surface area is 82.5 Å². The third-order valence-corrected chi connectivity index (χ3v) is 2.09. The van der Waals surface area contributed by atoms with Crippen molar-refractivity contribution < 1.29 is 9.13 Å². The quantitative estimate of drug-likeness (QED) is 0.727. The molecule has 0 aliphatic carbocycles. The molecule has 1 unspecified atom stereocenters. The average Bonchev–Trinajstić information content (AvgIpc) is 2.09. The highest BCUT2D eigenvalue weighted by molar-refractivity contribution is 6.32. The fourth-order valence-corrected chi connectivity index (χ4v) is 1.08. The van der Waals surface area contributed by atoms with Gasteiger partial charge in [0, 0.05) is 0 Å². The van der Waals surface area contributed by atoms with E-state index >= 15 is 0 Å². The summed E-state index contributed by atoms with van der Waals surface area (Å²) < 4.78 is 18.1. The van der Waals surface area contributed by atoms with Crippen molar-refractivity contribution in [1.82, 2.24) is 0 Å². The zero-order valence-corrected chi connectivity index (χ0v) is 8.44. The summed E-state index contributed by atoms with van der Waals surface area (Å²) >= 11 is 5.77. The molecule has 0 N–H and O–H groups in total. The van der Waals surface area contributed by atoms with E-state index in [-0.39, 0.29) is 11.9 Å². The maximum atomic E-state index is 12.6. The molecule has 1 atom stereocenters. The Balaban J connectivity index is 2.77. The van der Waals surface area contributed by atoms with Crippen molar-refractivity contribution >= 4 is 11.6 Å². The van der Waals surface area contributed by atoms with Gasteiger partial charge in [-0.1, -0.05) is 18.5 Å². The minimum absolute atomic E-state index is 0.1000. The molecule has 0 saturated heterocycles. The van der Waals surface area contributed by atoms with E-state index in [1.165, 1.54) is 12.1 Å². The van der Waals surface area contributed by atoms with Crippen LogP contribution in [0.3, 0.4) is 0 Å². The monoisotopic (exact) mass is 202 g/mol. The second-order valence-electron chi connectivity index (χ2n) is 2.91. The van der Waals surface area contributed by atoms with Crippen LogP contribution in [-0.2, 0) is 0 Å². The molecular formula is C10H12ClFO. The second kappa shape index (κ2) is 4.47. The third-order valence-electron chi connectivity index (χ3n) is 1.80. The molecular weight excluding hydrogens is 191 g/mol. The molecule has 0 saturated carbocycles. The number of hydrogen-bond acceptors (Lipinski definition) is 1. The highest BCUT2D eigenvalue weighted by Gasteiger charge is 2.05. The molecule has 0 bridgehead atoms. The molecule has 0 spiro atoms. The smallest absolute Gasteiger partial charge is 0.138 e. The molecule has 3 heteroatoms. The highest BCUT2D eigenvalue weighted by Crippen LogP contribution is 2.26. The van der Waals surface area contributed by atoms with Crippen molar-refractivity contribution in [2.24, 2.45) is 0 Å². The standard InChI is InChI=1S/C10H12ClFO/c1-3-7(2)13-10-5-4-8(12)6-9(10)11/h4-7H,3H2,1-2H3. The van der Waals surface area contributed by atoms with Gasteiger partial charge < -0.3 is 4.74 Å². The van der Waals surface area contributed by atoms with Crippen LogP contribution in [0.15, 0.2) is 18.2 Å². The molecule has 0 amide bonds. The van der Waals surface area contributed by atoms with Gasteiger partial charge in [-0.15, -0.1) is 0 Å². The van der Waals surface area contributed by atoms with Gasteiger partial charge in [0.25, 0.3) is 0 Å². The van der Waals surface area contributed by atoms with Gasteiger partial charge in [-0.05, 0) is 31.5 Å². The van der Waals surface area contributed by atoms with Gasteiger partial charge in [0.15, 0.2) is 0 Å². The molecule has 0 radical (unpaired) electrons. The van der Waals surface area contributed by atoms with Crippen molar-refractivity contribution in [2.75, 3.05) is 0 Å². The first kappa shape index (κ1) is 10.3. The van der Waals surface area contributed by atoms with Gasteiger partial charge in [0.05, 0.1) is 11.1 Å². The van der Waals surface area contributed by atoms with Crippen LogP contribution in [0, 0.1) is 5.82 Å². The minimum atomic E-state index is -0.346. The summed E-state index contributed by atoms with van der Waals surface area (Å²) in [5.74, 6) is 0.193. The number of halogens is 2. The van der Waals surface area contributed by atoms with Crippen LogP contribution in [0.1, 0.15) is 20.3 Å². The van der Waals surface area contributed by atoms with E-state index < -0.39 is 0 Å². The lowest BCUT2D eigenvalue weighted by atomic mass is 10.3. The lowest BCUT2D eigenvalue weighted by Crippen LogP contribution is -2.09. The van der Waals surface area contributed by atoms with E-state index in [1.54, 1.807) is 6.07 Å². The zero-order valence-electron chi connectivity index (χ0n) is 7.68. The lowest BCUT2D eigenvalue weighted by Gasteiger charge is -2.13. The Hall–Kier alpha value is -0.760. The normalized spacial score (nSPS) is 12.6. The second-order valence-corrected chi connectivity index (χ2v) is 3.32. The Bertz CT molecular complexity index is 288. The number of rotatable bonds is 3. The van der Waals surface area contributed by atoms with Crippen LogP contribution in [0.5, 0.6) is 5.75 Å². The maximum absolute atomic E-state index is 12.6. The largest absolute Gasteiger partial charge is 0.489 e. The molecule has 1 rings (SSSR count). The van der Waals surface area contributed by atoms with Gasteiger partial charge in [0.2, 0.25) is 0 Å². The molecule has 1 aromatic carbocycles. The van der Waals surface area contributed by atoms with E-state index in [0.29, 0.717) is 10.8 Å². The van der Waals surface area contributed by atoms with Crippen LogP contribution >= 0.6 is 11.6 Å². The Morgan fingerprint density at radius 1 is 1.54 bits per heavy atom. The summed E-state index contributed by atoms with van der Waals surface area (Å²) in [6.07, 6.45) is 0.996. The minimum Gasteiger partial charge on any atom is -0.489 e. The van der Waals surface area contributed by atoms with Gasteiger partial charge in [-0.2, -0.15) is 0 Å². The zero-order chi connectivity index (χ0) is 9.84. The SMILES string of the molecule is CCC(C)Oc1ccc(F)cc1Cl. The van der Waals surface area contributed by atoms with Crippen LogP contribution in [0.2, 0.25) is 5.02 Å². The van der Waals surface area contributed by atoms with E-state index in [0.717, 1.165) is 6.42 Å². The predicted molar refractivity (Wildman–Crippen MR) is 51.8 cm³/mol. The van der Waals surface area contributed by atoms with Gasteiger partial charge in [0.1, 0.15) is 11.6 Å². The summed E-state index contributed by atoms with van der Waals surface area (Å²) in [4.78, 5) is 0.